The van der Waals surface area contributed by atoms with Gasteiger partial charge in [0.2, 0.25) is 0 Å². The summed E-state index contributed by atoms with van der Waals surface area (Å²) in [5, 5.41) is 30.2. The summed E-state index contributed by atoms with van der Waals surface area (Å²) < 4.78 is 25.7. The zero-order valence-electron chi connectivity index (χ0n) is 18.0. The van der Waals surface area contributed by atoms with E-state index >= 15 is 0 Å². The van der Waals surface area contributed by atoms with Crippen molar-refractivity contribution in [3.63, 3.8) is 0 Å². The predicted molar refractivity (Wildman–Crippen MR) is 113 cm³/mol. The molecule has 11 nitrogen and oxygen atoms in total. The summed E-state index contributed by atoms with van der Waals surface area (Å²) in [6, 6.07) is 1.69. The Morgan fingerprint density at radius 3 is 2.55 bits per heavy atom. The standard InChI is InChI=1S/C19H31N4O7P/c1-5-18(3,30-31(27,28)19(4,26)6-2)9-12-13(24)14(25)17(29-12)23-8-7-11-15(20)21-10-22-16(11)23/h7-8,10,12-14,17,24-26H,5-6,9H2,1-4H3,(H,27,28)(H2,20,21,22)/t12?,13-,14-,17-,18?,19-/m1/s1. The van der Waals surface area contributed by atoms with Crippen LogP contribution in [0.1, 0.15) is 53.2 Å². The number of aliphatic hydroxyl groups excluding tert-OH is 2. The third kappa shape index (κ3) is 4.36. The van der Waals surface area contributed by atoms with Crippen molar-refractivity contribution < 1.29 is 34.0 Å². The van der Waals surface area contributed by atoms with Gasteiger partial charge in [-0.25, -0.2) is 9.97 Å². The smallest absolute Gasteiger partial charge is 0.359 e. The van der Waals surface area contributed by atoms with E-state index in [-0.39, 0.29) is 18.7 Å². The molecule has 12 heteroatoms. The number of nitrogen functional groups attached to an aromatic ring is 1. The summed E-state index contributed by atoms with van der Waals surface area (Å²) in [5.41, 5.74) is 5.10. The third-order valence-corrected chi connectivity index (χ3v) is 8.38. The first kappa shape index (κ1) is 24.1. The van der Waals surface area contributed by atoms with Crippen LogP contribution in [-0.4, -0.2) is 64.0 Å². The Hall–Kier alpha value is -1.59. The maximum atomic E-state index is 12.7. The van der Waals surface area contributed by atoms with Crippen LogP contribution < -0.4 is 5.73 Å². The number of hydrogen-bond acceptors (Lipinski definition) is 9. The van der Waals surface area contributed by atoms with Crippen LogP contribution >= 0.6 is 7.60 Å². The van der Waals surface area contributed by atoms with Crippen molar-refractivity contribution in [3.8, 4) is 0 Å². The lowest BCUT2D eigenvalue weighted by atomic mass is 9.93. The lowest BCUT2D eigenvalue weighted by molar-refractivity contribution is -0.0688. The Kier molecular flexibility index (Phi) is 6.52. The number of nitrogens with two attached hydrogens (primary N) is 1. The lowest BCUT2D eigenvalue weighted by Gasteiger charge is -2.37. The van der Waals surface area contributed by atoms with Gasteiger partial charge in [0.1, 0.15) is 30.0 Å². The van der Waals surface area contributed by atoms with Crippen molar-refractivity contribution >= 4 is 24.4 Å². The summed E-state index contributed by atoms with van der Waals surface area (Å²) in [6.07, 6.45) is -1.13. The van der Waals surface area contributed by atoms with E-state index in [9.17, 15) is 24.8 Å². The van der Waals surface area contributed by atoms with Crippen LogP contribution in [0, 0.1) is 0 Å². The minimum atomic E-state index is -4.41. The summed E-state index contributed by atoms with van der Waals surface area (Å²) in [7, 11) is -4.41. The van der Waals surface area contributed by atoms with Gasteiger partial charge in [0, 0.05) is 12.6 Å². The van der Waals surface area contributed by atoms with Gasteiger partial charge < -0.3 is 39.8 Å². The Morgan fingerprint density at radius 2 is 1.94 bits per heavy atom. The number of aliphatic hydroxyl groups is 3. The van der Waals surface area contributed by atoms with E-state index in [1.165, 1.54) is 13.3 Å². The minimum Gasteiger partial charge on any atom is -0.388 e. The fourth-order valence-corrected chi connectivity index (χ4v) is 4.99. The number of nitrogens with zero attached hydrogens (tertiary/aromatic N) is 3. The Labute approximate surface area is 180 Å². The first-order valence-electron chi connectivity index (χ1n) is 10.2. The molecule has 0 spiro atoms. The Morgan fingerprint density at radius 1 is 1.26 bits per heavy atom. The van der Waals surface area contributed by atoms with E-state index < -0.39 is 43.1 Å². The second-order valence-electron chi connectivity index (χ2n) is 8.46. The fraction of sp³-hybridized carbons (Fsp3) is 0.684. The van der Waals surface area contributed by atoms with Gasteiger partial charge in [0.15, 0.2) is 11.6 Å². The van der Waals surface area contributed by atoms with Gasteiger partial charge in [-0.05, 0) is 32.8 Å². The molecule has 2 aromatic rings. The van der Waals surface area contributed by atoms with Crippen LogP contribution in [0.25, 0.3) is 11.0 Å². The Balaban J connectivity index is 1.83. The molecule has 1 aliphatic rings. The molecule has 3 rings (SSSR count). The van der Waals surface area contributed by atoms with Gasteiger partial charge in [-0.3, -0.25) is 4.57 Å². The maximum absolute atomic E-state index is 12.7. The molecule has 2 aromatic heterocycles. The number of fused-ring (bicyclic) bond motifs is 1. The number of rotatable bonds is 8. The molecule has 0 saturated carbocycles. The summed E-state index contributed by atoms with van der Waals surface area (Å²) >= 11 is 0. The van der Waals surface area contributed by atoms with Gasteiger partial charge in [-0.1, -0.05) is 13.8 Å². The first-order valence-corrected chi connectivity index (χ1v) is 11.8. The highest BCUT2D eigenvalue weighted by Crippen LogP contribution is 2.59. The second-order valence-corrected chi connectivity index (χ2v) is 10.6. The first-order chi connectivity index (χ1) is 14.4. The van der Waals surface area contributed by atoms with Crippen molar-refractivity contribution in [2.75, 3.05) is 5.73 Å². The molecule has 174 valence electrons. The highest BCUT2D eigenvalue weighted by molar-refractivity contribution is 7.54. The topological polar surface area (TPSA) is 173 Å². The number of anilines is 1. The van der Waals surface area contributed by atoms with Crippen molar-refractivity contribution in [1.29, 1.82) is 0 Å². The molecule has 0 bridgehead atoms. The zero-order chi connectivity index (χ0) is 23.2. The third-order valence-electron chi connectivity index (χ3n) is 6.15. The zero-order valence-corrected chi connectivity index (χ0v) is 18.9. The average molecular weight is 458 g/mol. The van der Waals surface area contributed by atoms with Crippen molar-refractivity contribution in [1.82, 2.24) is 14.5 Å². The van der Waals surface area contributed by atoms with Crippen LogP contribution in [0.15, 0.2) is 18.6 Å². The summed E-state index contributed by atoms with van der Waals surface area (Å²) in [5.74, 6) is 0.280. The van der Waals surface area contributed by atoms with E-state index in [2.05, 4.69) is 9.97 Å². The normalized spacial score (nSPS) is 30.1. The van der Waals surface area contributed by atoms with Crippen molar-refractivity contribution in [2.45, 2.75) is 82.4 Å². The molecular weight excluding hydrogens is 427 g/mol. The molecule has 3 heterocycles. The van der Waals surface area contributed by atoms with Gasteiger partial charge >= 0.3 is 7.60 Å². The maximum Gasteiger partial charge on any atom is 0.359 e. The number of hydrogen-bond donors (Lipinski definition) is 5. The second kappa shape index (κ2) is 8.40. The molecule has 6 N–H and O–H groups in total. The molecule has 0 radical (unpaired) electrons. The average Bonchev–Trinajstić information content (AvgIpc) is 3.25. The van der Waals surface area contributed by atoms with Crippen molar-refractivity contribution in [3.05, 3.63) is 18.6 Å². The van der Waals surface area contributed by atoms with E-state index in [0.717, 1.165) is 0 Å². The van der Waals surface area contributed by atoms with Crippen LogP contribution in [0.3, 0.4) is 0 Å². The molecule has 0 aromatic carbocycles. The molecule has 1 fully saturated rings. The van der Waals surface area contributed by atoms with Crippen LogP contribution in [-0.2, 0) is 13.8 Å². The molecular formula is C19H31N4O7P. The molecule has 0 amide bonds. The Bertz CT molecular complexity index is 983. The van der Waals surface area contributed by atoms with E-state index in [0.29, 0.717) is 17.5 Å². The van der Waals surface area contributed by atoms with Crippen LogP contribution in [0.5, 0.6) is 0 Å². The predicted octanol–water partition coefficient (Wildman–Crippen LogP) is 1.51. The van der Waals surface area contributed by atoms with E-state index in [4.69, 9.17) is 15.0 Å². The SMILES string of the molecule is CCC(C)(CC1O[C@@H](n2ccc3c(N)ncnc32)[C@H](O)[C@@H]1O)OP(=O)(O)[C@@](C)(O)CC. The number of aromatic nitrogens is 3. The molecule has 1 saturated heterocycles. The quantitative estimate of drug-likeness (QED) is 0.365. The fourth-order valence-electron chi connectivity index (χ4n) is 3.59. The number of ether oxygens (including phenoxy) is 1. The monoisotopic (exact) mass is 458 g/mol. The van der Waals surface area contributed by atoms with Crippen LogP contribution in [0.2, 0.25) is 0 Å². The highest BCUT2D eigenvalue weighted by atomic mass is 31.2. The van der Waals surface area contributed by atoms with Gasteiger partial charge in [-0.15, -0.1) is 0 Å². The van der Waals surface area contributed by atoms with Crippen LogP contribution in [0.4, 0.5) is 5.82 Å². The molecule has 7 atom stereocenters. The van der Waals surface area contributed by atoms with E-state index in [1.807, 2.05) is 0 Å². The van der Waals surface area contributed by atoms with Gasteiger partial charge in [-0.2, -0.15) is 0 Å². The highest BCUT2D eigenvalue weighted by Gasteiger charge is 2.50. The van der Waals surface area contributed by atoms with Gasteiger partial charge in [0.25, 0.3) is 0 Å². The molecule has 3 unspecified atom stereocenters. The largest absolute Gasteiger partial charge is 0.388 e. The molecule has 1 aliphatic heterocycles. The van der Waals surface area contributed by atoms with Gasteiger partial charge in [0.05, 0.1) is 17.1 Å². The summed E-state index contributed by atoms with van der Waals surface area (Å²) in [6.45, 7) is 6.19. The lowest BCUT2D eigenvalue weighted by Crippen LogP contribution is -2.40. The minimum absolute atomic E-state index is 0.0128. The molecule has 0 aliphatic carbocycles. The van der Waals surface area contributed by atoms with E-state index in [1.54, 1.807) is 37.6 Å². The molecule has 31 heavy (non-hydrogen) atoms. The van der Waals surface area contributed by atoms with Crippen molar-refractivity contribution in [2.24, 2.45) is 0 Å². The summed E-state index contributed by atoms with van der Waals surface area (Å²) in [4.78, 5) is 18.5.